The highest BCUT2D eigenvalue weighted by Crippen LogP contribution is 2.43. The van der Waals surface area contributed by atoms with Crippen LogP contribution in [0.1, 0.15) is 28.7 Å². The van der Waals surface area contributed by atoms with Crippen molar-refractivity contribution in [3.8, 4) is 17.2 Å². The van der Waals surface area contributed by atoms with Crippen molar-refractivity contribution in [2.24, 2.45) is 0 Å². The summed E-state index contributed by atoms with van der Waals surface area (Å²) in [5, 5.41) is 3.19. The number of hydrogen-bond donors (Lipinski definition) is 2. The lowest BCUT2D eigenvalue weighted by Crippen LogP contribution is -3.07. The summed E-state index contributed by atoms with van der Waals surface area (Å²) in [6.45, 7) is 0.503. The van der Waals surface area contributed by atoms with Gasteiger partial charge in [0.2, 0.25) is 5.91 Å². The van der Waals surface area contributed by atoms with E-state index in [9.17, 15) is 4.79 Å². The third-order valence-electron chi connectivity index (χ3n) is 5.63. The van der Waals surface area contributed by atoms with Crippen LogP contribution in [0.5, 0.6) is 17.2 Å². The van der Waals surface area contributed by atoms with Crippen LogP contribution in [0.2, 0.25) is 0 Å². The fourth-order valence-corrected chi connectivity index (χ4v) is 4.08. The maximum absolute atomic E-state index is 13.4. The molecule has 1 amide bonds. The van der Waals surface area contributed by atoms with Gasteiger partial charge in [-0.05, 0) is 24.3 Å². The van der Waals surface area contributed by atoms with Gasteiger partial charge < -0.3 is 19.7 Å². The highest BCUT2D eigenvalue weighted by molar-refractivity contribution is 5.89. The minimum absolute atomic E-state index is 0.0284. The molecule has 30 heavy (non-hydrogen) atoms. The van der Waals surface area contributed by atoms with Crippen molar-refractivity contribution in [1.82, 2.24) is 5.32 Å². The van der Waals surface area contributed by atoms with E-state index in [1.807, 2.05) is 66.7 Å². The van der Waals surface area contributed by atoms with E-state index in [0.717, 1.165) is 33.9 Å². The van der Waals surface area contributed by atoms with E-state index >= 15 is 0 Å². The number of benzene rings is 3. The zero-order valence-corrected chi connectivity index (χ0v) is 17.5. The van der Waals surface area contributed by atoms with Gasteiger partial charge in [-0.1, -0.05) is 48.5 Å². The van der Waals surface area contributed by atoms with Gasteiger partial charge in [0.15, 0.2) is 0 Å². The van der Waals surface area contributed by atoms with Gasteiger partial charge in [0.05, 0.1) is 39.2 Å². The fourth-order valence-electron chi connectivity index (χ4n) is 4.08. The van der Waals surface area contributed by atoms with Crippen LogP contribution in [-0.2, 0) is 4.79 Å². The van der Waals surface area contributed by atoms with E-state index in [2.05, 4.69) is 25.5 Å². The average Bonchev–Trinajstić information content (AvgIpc) is 2.77. The Morgan fingerprint density at radius 2 is 1.53 bits per heavy atom. The first kappa shape index (κ1) is 20.0. The van der Waals surface area contributed by atoms with Crippen molar-refractivity contribution in [2.45, 2.75) is 12.0 Å². The molecule has 0 aromatic heterocycles. The van der Waals surface area contributed by atoms with Gasteiger partial charge in [-0.25, -0.2) is 0 Å². The lowest BCUT2D eigenvalue weighted by molar-refractivity contribution is -0.890. The number of amides is 1. The molecule has 154 valence electrons. The van der Waals surface area contributed by atoms with Gasteiger partial charge in [0, 0.05) is 11.1 Å². The molecule has 4 rings (SSSR count). The molecule has 5 heteroatoms. The molecule has 3 aromatic carbocycles. The van der Waals surface area contributed by atoms with Crippen molar-refractivity contribution < 1.29 is 19.2 Å². The second-order valence-corrected chi connectivity index (χ2v) is 7.73. The monoisotopic (exact) mass is 403 g/mol. The Labute approximate surface area is 177 Å². The van der Waals surface area contributed by atoms with E-state index in [1.165, 1.54) is 4.90 Å². The van der Waals surface area contributed by atoms with Gasteiger partial charge in [0.25, 0.3) is 0 Å². The van der Waals surface area contributed by atoms with Crippen LogP contribution in [0.4, 0.5) is 0 Å². The first-order valence-electron chi connectivity index (χ1n) is 10.2. The largest absolute Gasteiger partial charge is 0.496 e. The number of nitrogens with one attached hydrogen (secondary N) is 2. The summed E-state index contributed by atoms with van der Waals surface area (Å²) >= 11 is 0. The van der Waals surface area contributed by atoms with Crippen LogP contribution in [0, 0.1) is 0 Å². The molecule has 0 bridgehead atoms. The van der Waals surface area contributed by atoms with E-state index in [1.54, 1.807) is 7.11 Å². The molecular weight excluding hydrogens is 376 g/mol. The van der Waals surface area contributed by atoms with Crippen LogP contribution >= 0.6 is 0 Å². The van der Waals surface area contributed by atoms with E-state index in [0.29, 0.717) is 6.54 Å². The fraction of sp³-hybridized carbons (Fsp3) is 0.240. The normalized spacial score (nSPS) is 13.7. The number of methoxy groups -OCH3 is 1. The molecule has 0 fully saturated rings. The molecule has 1 atom stereocenters. The third-order valence-corrected chi connectivity index (χ3v) is 5.63. The highest BCUT2D eigenvalue weighted by Gasteiger charge is 2.33. The second-order valence-electron chi connectivity index (χ2n) is 7.73. The average molecular weight is 404 g/mol. The maximum atomic E-state index is 13.4. The second kappa shape index (κ2) is 8.59. The van der Waals surface area contributed by atoms with Crippen molar-refractivity contribution in [3.63, 3.8) is 0 Å². The molecule has 5 nitrogen and oxygen atoms in total. The Kier molecular flexibility index (Phi) is 5.72. The number of fused-ring (bicyclic) bond motifs is 2. The predicted octanol–water partition coefficient (Wildman–Crippen LogP) is 2.93. The Balaban J connectivity index is 1.61. The summed E-state index contributed by atoms with van der Waals surface area (Å²) in [4.78, 5) is 14.6. The molecule has 0 spiro atoms. The highest BCUT2D eigenvalue weighted by atomic mass is 16.5. The van der Waals surface area contributed by atoms with E-state index in [-0.39, 0.29) is 11.9 Å². The van der Waals surface area contributed by atoms with Gasteiger partial charge in [0.1, 0.15) is 23.3 Å². The van der Waals surface area contributed by atoms with Crippen molar-refractivity contribution in [3.05, 3.63) is 89.5 Å². The minimum atomic E-state index is -0.401. The lowest BCUT2D eigenvalue weighted by Gasteiger charge is -2.29. The SMILES string of the molecule is COc1ccccc1[C@H](CNC(=O)C1c2ccccc2Oc2ccccc21)[NH+](C)C. The summed E-state index contributed by atoms with van der Waals surface area (Å²) < 4.78 is 11.6. The zero-order chi connectivity index (χ0) is 21.1. The van der Waals surface area contributed by atoms with Crippen molar-refractivity contribution in [1.29, 1.82) is 0 Å². The third kappa shape index (κ3) is 3.76. The van der Waals surface area contributed by atoms with Crippen LogP contribution in [0.15, 0.2) is 72.8 Å². The molecule has 0 radical (unpaired) electrons. The van der Waals surface area contributed by atoms with Gasteiger partial charge >= 0.3 is 0 Å². The number of quaternary nitrogens is 1. The molecule has 1 heterocycles. The number of hydrogen-bond acceptors (Lipinski definition) is 3. The molecule has 1 aliphatic rings. The van der Waals surface area contributed by atoms with Crippen LogP contribution in [0.25, 0.3) is 0 Å². The standard InChI is InChI=1S/C25H26N2O3/c1-27(2)20(17-10-4-7-13-21(17)29-3)16-26-25(28)24-18-11-5-8-14-22(18)30-23-15-9-6-12-19(23)24/h4-15,20,24H,16H2,1-3H3,(H,26,28)/p+1/t20-/m0/s1. The lowest BCUT2D eigenvalue weighted by atomic mass is 9.87. The molecule has 2 N–H and O–H groups in total. The predicted molar refractivity (Wildman–Crippen MR) is 116 cm³/mol. The Morgan fingerprint density at radius 1 is 0.967 bits per heavy atom. The molecule has 0 unspecified atom stereocenters. The Hall–Kier alpha value is -3.31. The smallest absolute Gasteiger partial charge is 0.232 e. The molecule has 1 aliphatic heterocycles. The van der Waals surface area contributed by atoms with Crippen molar-refractivity contribution in [2.75, 3.05) is 27.7 Å². The minimum Gasteiger partial charge on any atom is -0.496 e. The van der Waals surface area contributed by atoms with Crippen molar-refractivity contribution >= 4 is 5.91 Å². The Bertz CT molecular complexity index is 1000. The number of ether oxygens (including phenoxy) is 2. The quantitative estimate of drug-likeness (QED) is 0.665. The van der Waals surface area contributed by atoms with Crippen LogP contribution < -0.4 is 19.7 Å². The number of rotatable bonds is 6. The Morgan fingerprint density at radius 3 is 2.13 bits per heavy atom. The summed E-state index contributed by atoms with van der Waals surface area (Å²) in [7, 11) is 5.85. The summed E-state index contributed by atoms with van der Waals surface area (Å²) in [5.41, 5.74) is 2.85. The molecule has 3 aromatic rings. The molecule has 0 saturated carbocycles. The first-order valence-corrected chi connectivity index (χ1v) is 10.2. The van der Waals surface area contributed by atoms with Crippen LogP contribution in [0.3, 0.4) is 0 Å². The first-order chi connectivity index (χ1) is 14.6. The number of para-hydroxylation sites is 3. The van der Waals surface area contributed by atoms with E-state index < -0.39 is 5.92 Å². The maximum Gasteiger partial charge on any atom is 0.232 e. The molecule has 0 aliphatic carbocycles. The number of carbonyl (C=O) groups is 1. The van der Waals surface area contributed by atoms with Gasteiger partial charge in [-0.2, -0.15) is 0 Å². The van der Waals surface area contributed by atoms with Crippen LogP contribution in [-0.4, -0.2) is 33.7 Å². The zero-order valence-electron chi connectivity index (χ0n) is 17.5. The topological polar surface area (TPSA) is 52.0 Å². The van der Waals surface area contributed by atoms with E-state index in [4.69, 9.17) is 9.47 Å². The number of likely N-dealkylation sites (N-methyl/N-ethyl adjacent to an activating group) is 1. The van der Waals surface area contributed by atoms with Gasteiger partial charge in [-0.3, -0.25) is 4.79 Å². The summed E-state index contributed by atoms with van der Waals surface area (Å²) in [6.07, 6.45) is 0. The van der Waals surface area contributed by atoms with Gasteiger partial charge in [-0.15, -0.1) is 0 Å². The molecular formula is C25H27N2O3+. The number of carbonyl (C=O) groups excluding carboxylic acids is 1. The summed E-state index contributed by atoms with van der Waals surface area (Å²) in [6, 6.07) is 23.5. The summed E-state index contributed by atoms with van der Waals surface area (Å²) in [5.74, 6) is 1.87. The molecule has 0 saturated heterocycles.